The average Bonchev–Trinajstić information content (AvgIpc) is 2.42. The van der Waals surface area contributed by atoms with Gasteiger partial charge in [-0.15, -0.1) is 0 Å². The molecule has 2 aromatic carbocycles. The summed E-state index contributed by atoms with van der Waals surface area (Å²) in [5, 5.41) is 0. The quantitative estimate of drug-likeness (QED) is 0.878. The fraction of sp³-hybridized carbons (Fsp3) is 0.235. The van der Waals surface area contributed by atoms with E-state index in [1.807, 2.05) is 6.07 Å². The number of amides is 1. The summed E-state index contributed by atoms with van der Waals surface area (Å²) < 4.78 is 0. The molecule has 0 heterocycles. The summed E-state index contributed by atoms with van der Waals surface area (Å²) in [6.07, 6.45) is 0. The SMILES string of the molecule is Cc1ccc(Sc2cc(N)ccc2C(=O)N(C)C)cc1C. The first kappa shape index (κ1) is 15.4. The topological polar surface area (TPSA) is 46.3 Å². The summed E-state index contributed by atoms with van der Waals surface area (Å²) >= 11 is 1.57. The molecule has 2 rings (SSSR count). The molecule has 0 radical (unpaired) electrons. The highest BCUT2D eigenvalue weighted by atomic mass is 32.2. The van der Waals surface area contributed by atoms with Crippen molar-refractivity contribution >= 4 is 23.4 Å². The predicted octanol–water partition coefficient (Wildman–Crippen LogP) is 3.74. The van der Waals surface area contributed by atoms with E-state index in [-0.39, 0.29) is 5.91 Å². The van der Waals surface area contributed by atoms with Crippen molar-refractivity contribution in [3.8, 4) is 0 Å². The van der Waals surface area contributed by atoms with Gasteiger partial charge in [0, 0.05) is 29.6 Å². The van der Waals surface area contributed by atoms with Gasteiger partial charge in [0.1, 0.15) is 0 Å². The van der Waals surface area contributed by atoms with Crippen molar-refractivity contribution in [1.82, 2.24) is 4.90 Å². The molecule has 0 saturated heterocycles. The molecular weight excluding hydrogens is 280 g/mol. The van der Waals surface area contributed by atoms with Gasteiger partial charge in [-0.1, -0.05) is 17.8 Å². The number of carbonyl (C=O) groups excluding carboxylic acids is 1. The maximum atomic E-state index is 12.3. The molecule has 0 spiro atoms. The molecule has 0 saturated carbocycles. The van der Waals surface area contributed by atoms with Gasteiger partial charge >= 0.3 is 0 Å². The lowest BCUT2D eigenvalue weighted by molar-refractivity contribution is 0.0824. The van der Waals surface area contributed by atoms with E-state index in [2.05, 4.69) is 32.0 Å². The number of anilines is 1. The van der Waals surface area contributed by atoms with Crippen LogP contribution in [0.2, 0.25) is 0 Å². The molecule has 0 aliphatic carbocycles. The van der Waals surface area contributed by atoms with Gasteiger partial charge in [-0.05, 0) is 55.3 Å². The van der Waals surface area contributed by atoms with Crippen LogP contribution in [0, 0.1) is 13.8 Å². The molecule has 0 aliphatic heterocycles. The highest BCUT2D eigenvalue weighted by Gasteiger charge is 2.14. The number of nitrogens with zero attached hydrogens (tertiary/aromatic N) is 1. The highest BCUT2D eigenvalue weighted by Crippen LogP contribution is 2.33. The molecule has 21 heavy (non-hydrogen) atoms. The van der Waals surface area contributed by atoms with E-state index in [0.29, 0.717) is 11.3 Å². The van der Waals surface area contributed by atoms with Crippen molar-refractivity contribution < 1.29 is 4.79 Å². The van der Waals surface area contributed by atoms with E-state index in [1.54, 1.807) is 42.9 Å². The Balaban J connectivity index is 2.40. The molecule has 0 unspecified atom stereocenters. The van der Waals surface area contributed by atoms with Gasteiger partial charge in [0.2, 0.25) is 0 Å². The second-order valence-corrected chi connectivity index (χ2v) is 6.42. The predicted molar refractivity (Wildman–Crippen MR) is 88.9 cm³/mol. The molecule has 110 valence electrons. The van der Waals surface area contributed by atoms with Crippen LogP contribution < -0.4 is 5.73 Å². The zero-order valence-corrected chi connectivity index (χ0v) is 13.6. The van der Waals surface area contributed by atoms with Gasteiger partial charge in [-0.2, -0.15) is 0 Å². The lowest BCUT2D eigenvalue weighted by Gasteiger charge is -2.14. The number of hydrogen-bond acceptors (Lipinski definition) is 3. The normalized spacial score (nSPS) is 10.5. The molecule has 2 N–H and O–H groups in total. The van der Waals surface area contributed by atoms with Gasteiger partial charge in [0.25, 0.3) is 5.91 Å². The van der Waals surface area contributed by atoms with Crippen LogP contribution >= 0.6 is 11.8 Å². The third-order valence-corrected chi connectivity index (χ3v) is 4.40. The summed E-state index contributed by atoms with van der Waals surface area (Å²) in [5.41, 5.74) is 9.72. The number of hydrogen-bond donors (Lipinski definition) is 1. The van der Waals surface area contributed by atoms with Crippen LogP contribution in [0.3, 0.4) is 0 Å². The molecular formula is C17H20N2OS. The van der Waals surface area contributed by atoms with Crippen molar-refractivity contribution in [3.05, 3.63) is 53.1 Å². The smallest absolute Gasteiger partial charge is 0.254 e. The Hall–Kier alpha value is -1.94. The fourth-order valence-electron chi connectivity index (χ4n) is 1.95. The largest absolute Gasteiger partial charge is 0.399 e. The van der Waals surface area contributed by atoms with Crippen LogP contribution in [-0.2, 0) is 0 Å². The number of nitrogen functional groups attached to an aromatic ring is 1. The first-order chi connectivity index (χ1) is 9.88. The zero-order chi connectivity index (χ0) is 15.6. The first-order valence-electron chi connectivity index (χ1n) is 6.75. The van der Waals surface area contributed by atoms with E-state index in [0.717, 1.165) is 9.79 Å². The van der Waals surface area contributed by atoms with Gasteiger partial charge in [0.15, 0.2) is 0 Å². The molecule has 0 aliphatic rings. The number of aryl methyl sites for hydroxylation is 2. The number of benzene rings is 2. The molecule has 0 aromatic heterocycles. The van der Waals surface area contributed by atoms with Gasteiger partial charge in [0.05, 0.1) is 5.56 Å². The van der Waals surface area contributed by atoms with E-state index in [1.165, 1.54) is 11.1 Å². The van der Waals surface area contributed by atoms with E-state index in [4.69, 9.17) is 5.73 Å². The lowest BCUT2D eigenvalue weighted by atomic mass is 10.1. The second-order valence-electron chi connectivity index (χ2n) is 5.30. The van der Waals surface area contributed by atoms with Crippen LogP contribution in [0.1, 0.15) is 21.5 Å². The minimum absolute atomic E-state index is 0.0127. The van der Waals surface area contributed by atoms with Crippen molar-refractivity contribution in [2.24, 2.45) is 0 Å². The average molecular weight is 300 g/mol. The molecule has 0 bridgehead atoms. The van der Waals surface area contributed by atoms with Crippen LogP contribution in [0.15, 0.2) is 46.2 Å². The number of nitrogens with two attached hydrogens (primary N) is 1. The molecule has 4 heteroatoms. The van der Waals surface area contributed by atoms with Crippen LogP contribution in [-0.4, -0.2) is 24.9 Å². The molecule has 2 aromatic rings. The lowest BCUT2D eigenvalue weighted by Crippen LogP contribution is -2.22. The molecule has 1 amide bonds. The third kappa shape index (κ3) is 3.58. The van der Waals surface area contributed by atoms with Crippen molar-refractivity contribution in [2.75, 3.05) is 19.8 Å². The molecule has 3 nitrogen and oxygen atoms in total. The summed E-state index contributed by atoms with van der Waals surface area (Å²) in [6, 6.07) is 11.7. The van der Waals surface area contributed by atoms with E-state index >= 15 is 0 Å². The van der Waals surface area contributed by atoms with Crippen molar-refractivity contribution in [1.29, 1.82) is 0 Å². The fourth-order valence-corrected chi connectivity index (χ4v) is 3.03. The van der Waals surface area contributed by atoms with Crippen molar-refractivity contribution in [2.45, 2.75) is 23.6 Å². The Bertz CT molecular complexity index is 680. The van der Waals surface area contributed by atoms with Crippen molar-refractivity contribution in [3.63, 3.8) is 0 Å². The Labute approximate surface area is 130 Å². The Morgan fingerprint density at radius 1 is 1.05 bits per heavy atom. The Morgan fingerprint density at radius 2 is 1.76 bits per heavy atom. The van der Waals surface area contributed by atoms with Gasteiger partial charge < -0.3 is 10.6 Å². The van der Waals surface area contributed by atoms with E-state index < -0.39 is 0 Å². The summed E-state index contributed by atoms with van der Waals surface area (Å²) in [6.45, 7) is 4.18. The summed E-state index contributed by atoms with van der Waals surface area (Å²) in [4.78, 5) is 15.8. The maximum absolute atomic E-state index is 12.3. The Morgan fingerprint density at radius 3 is 2.38 bits per heavy atom. The van der Waals surface area contributed by atoms with E-state index in [9.17, 15) is 4.79 Å². The van der Waals surface area contributed by atoms with Gasteiger partial charge in [-0.25, -0.2) is 0 Å². The third-order valence-electron chi connectivity index (χ3n) is 3.35. The van der Waals surface area contributed by atoms with Crippen LogP contribution in [0.25, 0.3) is 0 Å². The molecule has 0 fully saturated rings. The summed E-state index contributed by atoms with van der Waals surface area (Å²) in [7, 11) is 3.51. The van der Waals surface area contributed by atoms with Crippen LogP contribution in [0.5, 0.6) is 0 Å². The van der Waals surface area contributed by atoms with Crippen LogP contribution in [0.4, 0.5) is 5.69 Å². The van der Waals surface area contributed by atoms with Gasteiger partial charge in [-0.3, -0.25) is 4.79 Å². The molecule has 0 atom stereocenters. The minimum atomic E-state index is -0.0127. The highest BCUT2D eigenvalue weighted by molar-refractivity contribution is 7.99. The number of rotatable bonds is 3. The monoisotopic (exact) mass is 300 g/mol. The zero-order valence-electron chi connectivity index (χ0n) is 12.8. The second kappa shape index (κ2) is 6.22. The maximum Gasteiger partial charge on any atom is 0.254 e. The first-order valence-corrected chi connectivity index (χ1v) is 7.56. The number of carbonyl (C=O) groups is 1. The standard InChI is InChI=1S/C17H20N2OS/c1-11-5-7-14(9-12(11)2)21-16-10-13(18)6-8-15(16)17(20)19(3)4/h5-10H,18H2,1-4H3. The Kier molecular flexibility index (Phi) is 4.58. The minimum Gasteiger partial charge on any atom is -0.399 e. The summed E-state index contributed by atoms with van der Waals surface area (Å²) in [5.74, 6) is -0.0127.